The van der Waals surface area contributed by atoms with Crippen LogP contribution in [0.4, 0.5) is 0 Å². The molecule has 1 N–H and O–H groups in total. The Labute approximate surface area is 92.7 Å². The van der Waals surface area contributed by atoms with Crippen LogP contribution in [-0.4, -0.2) is 22.6 Å². The molecule has 0 bridgehead atoms. The summed E-state index contributed by atoms with van der Waals surface area (Å²) in [6, 6.07) is 2.73. The topological polar surface area (TPSA) is 83.8 Å². The van der Waals surface area contributed by atoms with Crippen LogP contribution in [0.15, 0.2) is 34.8 Å². The number of amides is 1. The molecule has 0 fully saturated rings. The minimum Gasteiger partial charge on any atom is -0.267 e. The smallest absolute Gasteiger partial charge is 0.267 e. The molecular formula is C10H12N4O2. The lowest BCUT2D eigenvalue weighted by molar-refractivity contribution is 0.0954. The zero-order valence-electron chi connectivity index (χ0n) is 9.04. The normalized spacial score (nSPS) is 13.0. The molecule has 1 amide bonds. The van der Waals surface area contributed by atoms with Gasteiger partial charge in [0.15, 0.2) is 0 Å². The summed E-state index contributed by atoms with van der Waals surface area (Å²) in [4.78, 5) is 25.5. The molecule has 0 radical (unpaired) electrons. The van der Waals surface area contributed by atoms with Crippen LogP contribution in [0, 0.1) is 4.91 Å². The van der Waals surface area contributed by atoms with Crippen LogP contribution in [-0.2, 0) is 0 Å². The van der Waals surface area contributed by atoms with Crippen molar-refractivity contribution in [1.82, 2.24) is 10.4 Å². The van der Waals surface area contributed by atoms with Gasteiger partial charge in [0.05, 0.1) is 11.3 Å². The molecule has 6 nitrogen and oxygen atoms in total. The van der Waals surface area contributed by atoms with E-state index in [1.54, 1.807) is 32.2 Å². The summed E-state index contributed by atoms with van der Waals surface area (Å²) in [6.07, 6.45) is 3.01. The number of nitrogens with one attached hydrogen (secondary N) is 1. The third kappa shape index (κ3) is 3.23. The van der Waals surface area contributed by atoms with Crippen LogP contribution in [0.3, 0.4) is 0 Å². The van der Waals surface area contributed by atoms with Crippen molar-refractivity contribution in [2.45, 2.75) is 19.9 Å². The number of carbonyl (C=O) groups excluding carboxylic acids is 1. The fourth-order valence-corrected chi connectivity index (χ4v) is 0.870. The molecule has 0 spiro atoms. The fourth-order valence-electron chi connectivity index (χ4n) is 0.870. The summed E-state index contributed by atoms with van der Waals surface area (Å²) < 4.78 is 0. The first-order valence-electron chi connectivity index (χ1n) is 4.72. The second kappa shape index (κ2) is 5.69. The Hall–Kier alpha value is -2.11. The van der Waals surface area contributed by atoms with E-state index in [0.717, 1.165) is 0 Å². The van der Waals surface area contributed by atoms with Gasteiger partial charge in [0.2, 0.25) is 0 Å². The maximum atomic E-state index is 11.5. The van der Waals surface area contributed by atoms with E-state index in [1.165, 1.54) is 6.20 Å². The highest BCUT2D eigenvalue weighted by Crippen LogP contribution is 1.96. The van der Waals surface area contributed by atoms with Gasteiger partial charge in [0, 0.05) is 12.4 Å². The second-order valence-corrected chi connectivity index (χ2v) is 3.22. The monoisotopic (exact) mass is 220 g/mol. The van der Waals surface area contributed by atoms with Crippen LogP contribution >= 0.6 is 0 Å². The molecule has 0 aliphatic carbocycles. The molecule has 84 valence electrons. The molecular weight excluding hydrogens is 208 g/mol. The van der Waals surface area contributed by atoms with Crippen LogP contribution in [0.1, 0.15) is 24.2 Å². The molecule has 1 rings (SSSR count). The number of hydrazone groups is 1. The molecule has 1 unspecified atom stereocenters. The van der Waals surface area contributed by atoms with Crippen LogP contribution < -0.4 is 5.43 Å². The quantitative estimate of drug-likeness (QED) is 0.472. The molecule has 1 atom stereocenters. The number of nitrogens with zero attached hydrogens (tertiary/aromatic N) is 3. The number of aromatic nitrogens is 1. The molecule has 0 aliphatic rings. The Morgan fingerprint density at radius 3 is 2.88 bits per heavy atom. The fraction of sp³-hybridized carbons (Fsp3) is 0.300. The molecule has 16 heavy (non-hydrogen) atoms. The number of rotatable bonds is 4. The van der Waals surface area contributed by atoms with Gasteiger partial charge in [0.1, 0.15) is 6.04 Å². The standard InChI is InChI=1S/C10H12N4O2/c1-7(8(2)14-16)12-13-10(15)9-4-3-5-11-6-9/h3-6,8H,1-2H3,(H,13,15). The molecule has 0 saturated carbocycles. The summed E-state index contributed by atoms with van der Waals surface area (Å²) in [5.41, 5.74) is 3.18. The van der Waals surface area contributed by atoms with Gasteiger partial charge in [-0.25, -0.2) is 5.43 Å². The van der Waals surface area contributed by atoms with E-state index < -0.39 is 6.04 Å². The Bertz CT molecular complexity index is 403. The average Bonchev–Trinajstić information content (AvgIpc) is 2.35. The lowest BCUT2D eigenvalue weighted by atomic mass is 10.2. The van der Waals surface area contributed by atoms with E-state index in [2.05, 4.69) is 20.7 Å². The largest absolute Gasteiger partial charge is 0.272 e. The zero-order valence-corrected chi connectivity index (χ0v) is 9.04. The second-order valence-electron chi connectivity index (χ2n) is 3.22. The molecule has 1 aromatic rings. The highest BCUT2D eigenvalue weighted by Gasteiger charge is 2.07. The highest BCUT2D eigenvalue weighted by molar-refractivity contribution is 5.95. The van der Waals surface area contributed by atoms with Crippen molar-refractivity contribution < 1.29 is 4.79 Å². The van der Waals surface area contributed by atoms with E-state index >= 15 is 0 Å². The number of pyridine rings is 1. The first-order chi connectivity index (χ1) is 7.65. The molecule has 1 heterocycles. The third-order valence-corrected chi connectivity index (χ3v) is 2.02. The SMILES string of the molecule is CC(=NNC(=O)c1cccnc1)C(C)N=O. The number of nitroso groups, excluding NO2 is 1. The summed E-state index contributed by atoms with van der Waals surface area (Å²) in [5.74, 6) is -0.370. The van der Waals surface area contributed by atoms with Crippen molar-refractivity contribution in [1.29, 1.82) is 0 Å². The predicted octanol–water partition coefficient (Wildman–Crippen LogP) is 1.34. The summed E-state index contributed by atoms with van der Waals surface area (Å²) >= 11 is 0. The van der Waals surface area contributed by atoms with Crippen LogP contribution in [0.5, 0.6) is 0 Å². The summed E-state index contributed by atoms with van der Waals surface area (Å²) in [5, 5.41) is 6.56. The van der Waals surface area contributed by atoms with Gasteiger partial charge in [-0.15, -0.1) is 0 Å². The van der Waals surface area contributed by atoms with E-state index in [9.17, 15) is 9.70 Å². The van der Waals surface area contributed by atoms with Crippen molar-refractivity contribution in [3.8, 4) is 0 Å². The predicted molar refractivity (Wildman–Crippen MR) is 60.1 cm³/mol. The van der Waals surface area contributed by atoms with Gasteiger partial charge in [0.25, 0.3) is 5.91 Å². The maximum absolute atomic E-state index is 11.5. The Morgan fingerprint density at radius 1 is 1.56 bits per heavy atom. The van der Waals surface area contributed by atoms with E-state index in [0.29, 0.717) is 11.3 Å². The Kier molecular flexibility index (Phi) is 4.26. The van der Waals surface area contributed by atoms with Crippen LogP contribution in [0.25, 0.3) is 0 Å². The average molecular weight is 220 g/mol. The molecule has 0 saturated heterocycles. The van der Waals surface area contributed by atoms with Crippen molar-refractivity contribution in [2.24, 2.45) is 10.3 Å². The van der Waals surface area contributed by atoms with Crippen molar-refractivity contribution in [3.63, 3.8) is 0 Å². The van der Waals surface area contributed by atoms with E-state index in [4.69, 9.17) is 0 Å². The van der Waals surface area contributed by atoms with Crippen LogP contribution in [0.2, 0.25) is 0 Å². The van der Waals surface area contributed by atoms with Gasteiger partial charge >= 0.3 is 0 Å². The third-order valence-electron chi connectivity index (χ3n) is 2.02. The minimum absolute atomic E-state index is 0.370. The van der Waals surface area contributed by atoms with E-state index in [1.807, 2.05) is 0 Å². The van der Waals surface area contributed by atoms with Crippen molar-refractivity contribution in [3.05, 3.63) is 35.0 Å². The van der Waals surface area contributed by atoms with Gasteiger partial charge in [-0.2, -0.15) is 10.0 Å². The summed E-state index contributed by atoms with van der Waals surface area (Å²) in [7, 11) is 0. The van der Waals surface area contributed by atoms with Gasteiger partial charge < -0.3 is 0 Å². The number of hydrogen-bond acceptors (Lipinski definition) is 5. The highest BCUT2D eigenvalue weighted by atomic mass is 16.3. The first-order valence-corrected chi connectivity index (χ1v) is 4.72. The minimum atomic E-state index is -0.547. The molecule has 0 aliphatic heterocycles. The lowest BCUT2D eigenvalue weighted by Gasteiger charge is -2.03. The molecule has 1 aromatic heterocycles. The number of hydrogen-bond donors (Lipinski definition) is 1. The molecule has 6 heteroatoms. The Balaban J connectivity index is 2.63. The lowest BCUT2D eigenvalue weighted by Crippen LogP contribution is -2.22. The first kappa shape index (κ1) is 12.0. The van der Waals surface area contributed by atoms with Crippen molar-refractivity contribution >= 4 is 11.6 Å². The molecule has 0 aromatic carbocycles. The van der Waals surface area contributed by atoms with Gasteiger partial charge in [-0.3, -0.25) is 9.78 Å². The summed E-state index contributed by atoms with van der Waals surface area (Å²) in [6.45, 7) is 3.22. The zero-order chi connectivity index (χ0) is 12.0. The van der Waals surface area contributed by atoms with E-state index in [-0.39, 0.29) is 5.91 Å². The Morgan fingerprint density at radius 2 is 2.31 bits per heavy atom. The van der Waals surface area contributed by atoms with Gasteiger partial charge in [-0.1, -0.05) is 5.18 Å². The van der Waals surface area contributed by atoms with Gasteiger partial charge in [-0.05, 0) is 26.0 Å². The maximum Gasteiger partial charge on any atom is 0.272 e. The van der Waals surface area contributed by atoms with Crippen molar-refractivity contribution in [2.75, 3.05) is 0 Å². The number of carbonyl (C=O) groups is 1.